The Morgan fingerprint density at radius 3 is 2.86 bits per heavy atom. The molecule has 4 heteroatoms. The molecule has 0 spiro atoms. The summed E-state index contributed by atoms with van der Waals surface area (Å²) in [6.07, 6.45) is 3.84. The third kappa shape index (κ3) is 1.25. The molecule has 1 aromatic heterocycles. The van der Waals surface area contributed by atoms with Gasteiger partial charge in [-0.1, -0.05) is 5.16 Å². The summed E-state index contributed by atoms with van der Waals surface area (Å²) in [7, 11) is 0. The summed E-state index contributed by atoms with van der Waals surface area (Å²) in [6.45, 7) is 3.05. The van der Waals surface area contributed by atoms with Crippen molar-refractivity contribution in [1.29, 1.82) is 0 Å². The smallest absolute Gasteiger partial charge is 0.231 e. The summed E-state index contributed by atoms with van der Waals surface area (Å²) in [4.78, 5) is 4.34. The van der Waals surface area contributed by atoms with E-state index in [1.807, 2.05) is 6.92 Å². The van der Waals surface area contributed by atoms with E-state index in [2.05, 4.69) is 15.5 Å². The normalized spacial score (nSPS) is 36.2. The highest BCUT2D eigenvalue weighted by Crippen LogP contribution is 2.39. The van der Waals surface area contributed by atoms with Gasteiger partial charge in [0.2, 0.25) is 5.89 Å². The van der Waals surface area contributed by atoms with Crippen molar-refractivity contribution in [2.45, 2.75) is 38.1 Å². The SMILES string of the molecule is Cc1noc([C@@H]2C[C@@H]3CC[C@H]2NC3)n1. The minimum atomic E-state index is 0.462. The Bertz CT molecular complexity index is 328. The van der Waals surface area contributed by atoms with Crippen molar-refractivity contribution in [2.24, 2.45) is 5.92 Å². The summed E-state index contributed by atoms with van der Waals surface area (Å²) in [5.41, 5.74) is 0. The highest BCUT2D eigenvalue weighted by Gasteiger charge is 2.38. The molecule has 2 saturated heterocycles. The number of piperidine rings is 2. The highest BCUT2D eigenvalue weighted by molar-refractivity contribution is 5.05. The van der Waals surface area contributed by atoms with Crippen LogP contribution in [-0.2, 0) is 0 Å². The second-order valence-electron chi connectivity index (χ2n) is 4.48. The lowest BCUT2D eigenvalue weighted by atomic mass is 9.74. The summed E-state index contributed by atoms with van der Waals surface area (Å²) in [5.74, 6) is 2.87. The van der Waals surface area contributed by atoms with Gasteiger partial charge in [0, 0.05) is 6.04 Å². The minimum absolute atomic E-state index is 0.462. The van der Waals surface area contributed by atoms with E-state index in [0.29, 0.717) is 12.0 Å². The lowest BCUT2D eigenvalue weighted by Crippen LogP contribution is -2.49. The molecule has 1 saturated carbocycles. The third-order valence-electron chi connectivity index (χ3n) is 3.49. The number of nitrogens with zero attached hydrogens (tertiary/aromatic N) is 2. The number of nitrogens with one attached hydrogen (secondary N) is 1. The van der Waals surface area contributed by atoms with Gasteiger partial charge in [0.05, 0.1) is 5.92 Å². The van der Waals surface area contributed by atoms with Gasteiger partial charge in [-0.25, -0.2) is 0 Å². The van der Waals surface area contributed by atoms with Gasteiger partial charge in [0.1, 0.15) is 0 Å². The molecule has 1 aromatic rings. The number of aromatic nitrogens is 2. The van der Waals surface area contributed by atoms with Crippen molar-refractivity contribution in [3.05, 3.63) is 11.7 Å². The van der Waals surface area contributed by atoms with Crippen LogP contribution >= 0.6 is 0 Å². The number of fused-ring (bicyclic) bond motifs is 3. The molecule has 4 nitrogen and oxygen atoms in total. The van der Waals surface area contributed by atoms with Gasteiger partial charge in [-0.15, -0.1) is 0 Å². The van der Waals surface area contributed by atoms with Crippen molar-refractivity contribution < 1.29 is 4.52 Å². The molecule has 0 amide bonds. The molecule has 0 unspecified atom stereocenters. The fourth-order valence-corrected chi connectivity index (χ4v) is 2.74. The van der Waals surface area contributed by atoms with Crippen LogP contribution in [-0.4, -0.2) is 22.7 Å². The van der Waals surface area contributed by atoms with Gasteiger partial charge in [0.25, 0.3) is 0 Å². The number of aryl methyl sites for hydroxylation is 1. The zero-order chi connectivity index (χ0) is 9.54. The Kier molecular flexibility index (Phi) is 1.83. The van der Waals surface area contributed by atoms with Gasteiger partial charge in [0.15, 0.2) is 5.82 Å². The van der Waals surface area contributed by atoms with Crippen LogP contribution < -0.4 is 5.32 Å². The molecule has 3 aliphatic rings. The fourth-order valence-electron chi connectivity index (χ4n) is 2.74. The first-order chi connectivity index (χ1) is 6.83. The predicted molar refractivity (Wildman–Crippen MR) is 50.9 cm³/mol. The van der Waals surface area contributed by atoms with Crippen molar-refractivity contribution in [2.75, 3.05) is 6.54 Å². The van der Waals surface area contributed by atoms with Crippen LogP contribution in [0.1, 0.15) is 36.9 Å². The molecule has 3 fully saturated rings. The highest BCUT2D eigenvalue weighted by atomic mass is 16.5. The van der Waals surface area contributed by atoms with E-state index in [4.69, 9.17) is 4.52 Å². The third-order valence-corrected chi connectivity index (χ3v) is 3.49. The second-order valence-corrected chi connectivity index (χ2v) is 4.48. The zero-order valence-electron chi connectivity index (χ0n) is 8.36. The van der Waals surface area contributed by atoms with E-state index < -0.39 is 0 Å². The molecule has 4 rings (SSSR count). The lowest BCUT2D eigenvalue weighted by molar-refractivity contribution is 0.158. The molecule has 76 valence electrons. The molecular weight excluding hydrogens is 178 g/mol. The molecular formula is C10H15N3O. The Morgan fingerprint density at radius 2 is 2.36 bits per heavy atom. The van der Waals surface area contributed by atoms with Crippen LogP contribution in [0.15, 0.2) is 4.52 Å². The largest absolute Gasteiger partial charge is 0.339 e. The van der Waals surface area contributed by atoms with Crippen molar-refractivity contribution in [3.8, 4) is 0 Å². The maximum atomic E-state index is 5.26. The Hall–Kier alpha value is -0.900. The van der Waals surface area contributed by atoms with E-state index in [1.54, 1.807) is 0 Å². The van der Waals surface area contributed by atoms with E-state index in [9.17, 15) is 0 Å². The van der Waals surface area contributed by atoms with Gasteiger partial charge in [-0.05, 0) is 38.6 Å². The van der Waals surface area contributed by atoms with Crippen LogP contribution in [0.5, 0.6) is 0 Å². The first-order valence-corrected chi connectivity index (χ1v) is 5.36. The van der Waals surface area contributed by atoms with Gasteiger partial charge in [-0.3, -0.25) is 0 Å². The molecule has 1 N–H and O–H groups in total. The van der Waals surface area contributed by atoms with E-state index >= 15 is 0 Å². The number of rotatable bonds is 1. The standard InChI is InChI=1S/C10H15N3O/c1-6-12-10(14-13-6)8-4-7-2-3-9(8)11-5-7/h7-9,11H,2-5H2,1H3/t7-,8+,9+/m0/s1. The summed E-state index contributed by atoms with van der Waals surface area (Å²) in [5, 5.41) is 7.41. The van der Waals surface area contributed by atoms with Gasteiger partial charge >= 0.3 is 0 Å². The molecule has 2 bridgehead atoms. The fraction of sp³-hybridized carbons (Fsp3) is 0.800. The predicted octanol–water partition coefficient (Wildman–Crippen LogP) is 1.23. The lowest BCUT2D eigenvalue weighted by Gasteiger charge is -2.41. The molecule has 2 aliphatic heterocycles. The number of hydrogen-bond donors (Lipinski definition) is 1. The second kappa shape index (κ2) is 3.05. The van der Waals surface area contributed by atoms with Crippen LogP contribution in [0.4, 0.5) is 0 Å². The van der Waals surface area contributed by atoms with Crippen LogP contribution in [0.2, 0.25) is 0 Å². The average Bonchev–Trinajstić information content (AvgIpc) is 2.66. The first-order valence-electron chi connectivity index (χ1n) is 5.36. The van der Waals surface area contributed by atoms with Crippen LogP contribution in [0.3, 0.4) is 0 Å². The maximum absolute atomic E-state index is 5.26. The Labute approximate surface area is 83.1 Å². The Morgan fingerprint density at radius 1 is 1.43 bits per heavy atom. The zero-order valence-corrected chi connectivity index (χ0v) is 8.36. The molecule has 14 heavy (non-hydrogen) atoms. The summed E-state index contributed by atoms with van der Waals surface area (Å²) >= 11 is 0. The maximum Gasteiger partial charge on any atom is 0.231 e. The topological polar surface area (TPSA) is 51.0 Å². The first kappa shape index (κ1) is 8.41. The molecule has 3 heterocycles. The van der Waals surface area contributed by atoms with E-state index in [-0.39, 0.29) is 0 Å². The number of hydrogen-bond acceptors (Lipinski definition) is 4. The van der Waals surface area contributed by atoms with Crippen LogP contribution in [0.25, 0.3) is 0 Å². The molecule has 0 aromatic carbocycles. The molecule has 0 radical (unpaired) electrons. The summed E-state index contributed by atoms with van der Waals surface area (Å²) in [6, 6.07) is 0.569. The quantitative estimate of drug-likeness (QED) is 0.729. The monoisotopic (exact) mass is 193 g/mol. The Balaban J connectivity index is 1.85. The minimum Gasteiger partial charge on any atom is -0.339 e. The van der Waals surface area contributed by atoms with Gasteiger partial charge < -0.3 is 9.84 Å². The van der Waals surface area contributed by atoms with Crippen molar-refractivity contribution in [1.82, 2.24) is 15.5 Å². The van der Waals surface area contributed by atoms with E-state index in [0.717, 1.165) is 17.6 Å². The van der Waals surface area contributed by atoms with Crippen LogP contribution in [0, 0.1) is 12.8 Å². The summed E-state index contributed by atoms with van der Waals surface area (Å²) < 4.78 is 5.26. The molecule has 3 atom stereocenters. The molecule has 1 aliphatic carbocycles. The average molecular weight is 193 g/mol. The van der Waals surface area contributed by atoms with E-state index in [1.165, 1.54) is 25.8 Å². The van der Waals surface area contributed by atoms with Crippen molar-refractivity contribution in [3.63, 3.8) is 0 Å². The van der Waals surface area contributed by atoms with Crippen molar-refractivity contribution >= 4 is 0 Å². The van der Waals surface area contributed by atoms with Gasteiger partial charge in [-0.2, -0.15) is 4.98 Å².